The summed E-state index contributed by atoms with van der Waals surface area (Å²) in [5, 5.41) is 22.7. The zero-order valence-electron chi connectivity index (χ0n) is 18.9. The van der Waals surface area contributed by atoms with Crippen molar-refractivity contribution in [3.8, 4) is 17.6 Å². The third kappa shape index (κ3) is 4.04. The fraction of sp³-hybridized carbons (Fsp3) is 0.348. The molecule has 0 radical (unpaired) electrons. The molecule has 2 aromatic heterocycles. The Kier molecular flexibility index (Phi) is 5.46. The van der Waals surface area contributed by atoms with Gasteiger partial charge in [-0.25, -0.2) is 4.68 Å². The topological polar surface area (TPSA) is 135 Å². The van der Waals surface area contributed by atoms with Crippen LogP contribution in [0, 0.1) is 18.3 Å². The average molecular weight is 500 g/mol. The molecule has 36 heavy (non-hydrogen) atoms. The van der Waals surface area contributed by atoms with Crippen LogP contribution in [0.1, 0.15) is 49.8 Å². The van der Waals surface area contributed by atoms with Crippen LogP contribution in [0.15, 0.2) is 28.8 Å². The van der Waals surface area contributed by atoms with Crippen molar-refractivity contribution in [1.82, 2.24) is 25.6 Å². The third-order valence-electron chi connectivity index (χ3n) is 6.20. The Balaban J connectivity index is 1.52. The second kappa shape index (κ2) is 8.40. The zero-order chi connectivity index (χ0) is 25.7. The quantitative estimate of drug-likeness (QED) is 0.514. The zero-order valence-corrected chi connectivity index (χ0v) is 18.9. The lowest BCUT2D eigenvalue weighted by atomic mass is 9.82. The number of hydrogen-bond acceptors (Lipinski definition) is 7. The van der Waals surface area contributed by atoms with Gasteiger partial charge in [-0.15, -0.1) is 0 Å². The van der Waals surface area contributed by atoms with E-state index in [1.807, 2.05) is 6.07 Å². The Bertz CT molecular complexity index is 1420. The van der Waals surface area contributed by atoms with Gasteiger partial charge in [-0.2, -0.15) is 23.5 Å². The number of amides is 2. The Morgan fingerprint density at radius 2 is 2.19 bits per heavy atom. The lowest BCUT2D eigenvalue weighted by Gasteiger charge is -2.35. The van der Waals surface area contributed by atoms with Gasteiger partial charge in [-0.05, 0) is 43.0 Å². The second-order valence-corrected chi connectivity index (χ2v) is 8.65. The highest BCUT2D eigenvalue weighted by Crippen LogP contribution is 2.44. The van der Waals surface area contributed by atoms with Crippen molar-refractivity contribution in [2.24, 2.45) is 0 Å². The van der Waals surface area contributed by atoms with E-state index in [0.717, 1.165) is 11.1 Å². The highest BCUT2D eigenvalue weighted by Gasteiger charge is 2.47. The second-order valence-electron chi connectivity index (χ2n) is 8.65. The van der Waals surface area contributed by atoms with Gasteiger partial charge in [0, 0.05) is 12.5 Å². The van der Waals surface area contributed by atoms with E-state index in [4.69, 9.17) is 14.5 Å². The van der Waals surface area contributed by atoms with Gasteiger partial charge in [-0.3, -0.25) is 9.59 Å². The summed E-state index contributed by atoms with van der Waals surface area (Å²) >= 11 is 0. The maximum absolute atomic E-state index is 13.4. The Morgan fingerprint density at radius 3 is 2.89 bits per heavy atom. The summed E-state index contributed by atoms with van der Waals surface area (Å²) in [6.07, 6.45) is -3.21. The van der Waals surface area contributed by atoms with Crippen LogP contribution in [0.2, 0.25) is 0 Å². The molecule has 1 aliphatic carbocycles. The van der Waals surface area contributed by atoms with Crippen molar-refractivity contribution in [3.05, 3.63) is 58.1 Å². The van der Waals surface area contributed by atoms with Gasteiger partial charge in [0.15, 0.2) is 12.4 Å². The van der Waals surface area contributed by atoms with Crippen LogP contribution in [0.5, 0.6) is 5.75 Å². The molecule has 1 spiro atoms. The number of carbonyl (C=O) groups excluding carboxylic acids is 2. The predicted molar refractivity (Wildman–Crippen MR) is 115 cm³/mol. The van der Waals surface area contributed by atoms with Gasteiger partial charge in [0.1, 0.15) is 23.7 Å². The summed E-state index contributed by atoms with van der Waals surface area (Å²) in [4.78, 5) is 26.3. The van der Waals surface area contributed by atoms with E-state index in [1.165, 1.54) is 10.7 Å². The molecule has 2 N–H and O–H groups in total. The van der Waals surface area contributed by atoms with E-state index in [0.29, 0.717) is 24.3 Å². The van der Waals surface area contributed by atoms with Crippen molar-refractivity contribution in [2.75, 3.05) is 13.2 Å². The SMILES string of the molecule is Cc1cc(-n2nc3c(c2C(=O)NCC#N)C(=O)N[C@@]2(CCc4cc(OCC(F)(F)F)ccc42)C3)no1. The van der Waals surface area contributed by atoms with E-state index < -0.39 is 30.1 Å². The van der Waals surface area contributed by atoms with Gasteiger partial charge < -0.3 is 19.9 Å². The van der Waals surface area contributed by atoms with Crippen molar-refractivity contribution in [1.29, 1.82) is 5.26 Å². The molecule has 0 fully saturated rings. The van der Waals surface area contributed by atoms with E-state index in [9.17, 15) is 22.8 Å². The molecule has 1 atom stereocenters. The third-order valence-corrected chi connectivity index (χ3v) is 6.20. The molecule has 2 aliphatic rings. The summed E-state index contributed by atoms with van der Waals surface area (Å²) in [7, 11) is 0. The number of nitrogens with zero attached hydrogens (tertiary/aromatic N) is 4. The molecule has 2 amide bonds. The van der Waals surface area contributed by atoms with Crippen LogP contribution in [0.25, 0.3) is 5.82 Å². The van der Waals surface area contributed by atoms with Gasteiger partial charge >= 0.3 is 6.18 Å². The maximum Gasteiger partial charge on any atom is 0.422 e. The van der Waals surface area contributed by atoms with Crippen molar-refractivity contribution >= 4 is 11.8 Å². The van der Waals surface area contributed by atoms with Gasteiger partial charge in [-0.1, -0.05) is 11.2 Å². The van der Waals surface area contributed by atoms with Gasteiger partial charge in [0.2, 0.25) is 0 Å². The first-order valence-electron chi connectivity index (χ1n) is 11.0. The van der Waals surface area contributed by atoms with Crippen LogP contribution in [-0.2, 0) is 18.4 Å². The standard InChI is InChI=1S/C23H19F3N6O4/c1-12-8-17(31-36-12)32-19(21(34)28-7-6-27)18-16(30-32)10-22(29-20(18)33)5-4-13-9-14(2-3-15(13)22)35-11-23(24,25)26/h2-3,8-9H,4-5,7,10-11H2,1H3,(H,28,34)(H,29,33)/t22-/m0/s1. The van der Waals surface area contributed by atoms with Gasteiger partial charge in [0.05, 0.1) is 22.9 Å². The van der Waals surface area contributed by atoms with Crippen LogP contribution in [-0.4, -0.2) is 46.1 Å². The number of nitrogens with one attached hydrogen (secondary N) is 2. The number of ether oxygens (including phenoxy) is 1. The number of alkyl halides is 3. The first kappa shape index (κ1) is 23.4. The summed E-state index contributed by atoms with van der Waals surface area (Å²) in [6.45, 7) is 0.000109. The lowest BCUT2D eigenvalue weighted by molar-refractivity contribution is -0.153. The van der Waals surface area contributed by atoms with Crippen LogP contribution >= 0.6 is 0 Å². The summed E-state index contributed by atoms with van der Waals surface area (Å²) in [6, 6.07) is 8.02. The minimum Gasteiger partial charge on any atom is -0.484 e. The molecular weight excluding hydrogens is 481 g/mol. The normalized spacial score (nSPS) is 18.4. The number of hydrogen-bond donors (Lipinski definition) is 2. The molecule has 0 unspecified atom stereocenters. The monoisotopic (exact) mass is 500 g/mol. The Hall–Kier alpha value is -4.34. The average Bonchev–Trinajstić information content (AvgIpc) is 3.51. The lowest BCUT2D eigenvalue weighted by Crippen LogP contribution is -2.50. The molecule has 1 aliphatic heterocycles. The van der Waals surface area contributed by atoms with E-state index in [2.05, 4.69) is 20.9 Å². The predicted octanol–water partition coefficient (Wildman–Crippen LogP) is 2.49. The van der Waals surface area contributed by atoms with Crippen LogP contribution < -0.4 is 15.4 Å². The Labute approximate surface area is 202 Å². The first-order valence-corrected chi connectivity index (χ1v) is 11.0. The fourth-order valence-electron chi connectivity index (χ4n) is 4.76. The summed E-state index contributed by atoms with van der Waals surface area (Å²) in [5.41, 5.74) is 1.01. The molecule has 186 valence electrons. The molecule has 5 rings (SSSR count). The number of fused-ring (bicyclic) bond motifs is 3. The molecule has 1 aromatic carbocycles. The number of rotatable bonds is 5. The minimum absolute atomic E-state index is 0.0651. The number of aryl methyl sites for hydroxylation is 2. The minimum atomic E-state index is -4.45. The van der Waals surface area contributed by atoms with Crippen LogP contribution in [0.4, 0.5) is 13.2 Å². The smallest absolute Gasteiger partial charge is 0.422 e. The molecule has 3 aromatic rings. The largest absolute Gasteiger partial charge is 0.484 e. The van der Waals surface area contributed by atoms with E-state index in [-0.39, 0.29) is 35.8 Å². The molecule has 0 saturated heterocycles. The molecule has 10 nitrogen and oxygen atoms in total. The number of halogens is 3. The molecule has 13 heteroatoms. The van der Waals surface area contributed by atoms with Crippen molar-refractivity contribution in [2.45, 2.75) is 37.9 Å². The number of benzene rings is 1. The van der Waals surface area contributed by atoms with Crippen molar-refractivity contribution in [3.63, 3.8) is 0 Å². The number of aromatic nitrogens is 3. The van der Waals surface area contributed by atoms with Crippen molar-refractivity contribution < 1.29 is 32.0 Å². The van der Waals surface area contributed by atoms with Crippen LogP contribution in [0.3, 0.4) is 0 Å². The molecular formula is C23H19F3N6O4. The number of carbonyl (C=O) groups is 2. The summed E-state index contributed by atoms with van der Waals surface area (Å²) in [5.74, 6) is -0.446. The van der Waals surface area contributed by atoms with E-state index in [1.54, 1.807) is 25.1 Å². The highest BCUT2D eigenvalue weighted by atomic mass is 19.4. The molecule has 3 heterocycles. The maximum atomic E-state index is 13.4. The Morgan fingerprint density at radius 1 is 1.39 bits per heavy atom. The summed E-state index contributed by atoms with van der Waals surface area (Å²) < 4.78 is 48.8. The number of nitriles is 1. The first-order chi connectivity index (χ1) is 17.1. The fourth-order valence-corrected chi connectivity index (χ4v) is 4.76. The van der Waals surface area contributed by atoms with E-state index >= 15 is 0 Å². The molecule has 0 bridgehead atoms. The molecule has 0 saturated carbocycles. The van der Waals surface area contributed by atoms with Gasteiger partial charge in [0.25, 0.3) is 11.8 Å². The highest BCUT2D eigenvalue weighted by molar-refractivity contribution is 6.08.